The monoisotopic (exact) mass is 378 g/mol. The fourth-order valence-electron chi connectivity index (χ4n) is 2.89. The van der Waals surface area contributed by atoms with Crippen LogP contribution < -0.4 is 5.32 Å². The molecule has 0 radical (unpaired) electrons. The maximum atomic E-state index is 12.7. The third kappa shape index (κ3) is 3.55. The van der Waals surface area contributed by atoms with Gasteiger partial charge in [0.15, 0.2) is 0 Å². The summed E-state index contributed by atoms with van der Waals surface area (Å²) in [6.45, 7) is 1.43. The lowest BCUT2D eigenvalue weighted by Crippen LogP contribution is -2.48. The van der Waals surface area contributed by atoms with Crippen molar-refractivity contribution in [3.8, 4) is 0 Å². The highest BCUT2D eigenvalue weighted by atomic mass is 16.5. The van der Waals surface area contributed by atoms with Crippen LogP contribution in [-0.4, -0.2) is 41.7 Å². The number of hydrogen-bond donors (Lipinski definition) is 1. The number of imide groups is 1. The Morgan fingerprint density at radius 1 is 0.964 bits per heavy atom. The smallest absolute Gasteiger partial charge is 0.354 e. The summed E-state index contributed by atoms with van der Waals surface area (Å²) in [4.78, 5) is 50.7. The van der Waals surface area contributed by atoms with E-state index >= 15 is 0 Å². The first kappa shape index (κ1) is 19.0. The topological polar surface area (TPSA) is 92.8 Å². The van der Waals surface area contributed by atoms with Crippen LogP contribution >= 0.6 is 0 Å². The molecule has 0 unspecified atom stereocenters. The molecule has 1 heterocycles. The van der Waals surface area contributed by atoms with Crippen molar-refractivity contribution in [2.75, 3.05) is 7.11 Å². The second-order valence-corrected chi connectivity index (χ2v) is 6.15. The first-order valence-corrected chi connectivity index (χ1v) is 8.57. The molecule has 0 aromatic heterocycles. The van der Waals surface area contributed by atoms with E-state index in [1.54, 1.807) is 36.4 Å². The Bertz CT molecular complexity index is 946. The summed E-state index contributed by atoms with van der Waals surface area (Å²) in [5.41, 5.74) is 1.08. The Morgan fingerprint density at radius 2 is 1.50 bits per heavy atom. The van der Waals surface area contributed by atoms with Crippen LogP contribution in [-0.2, 0) is 14.3 Å². The molecule has 7 heteroatoms. The summed E-state index contributed by atoms with van der Waals surface area (Å²) < 4.78 is 4.71. The summed E-state index contributed by atoms with van der Waals surface area (Å²) in [5, 5.41) is 2.46. The van der Waals surface area contributed by atoms with Gasteiger partial charge in [-0.3, -0.25) is 19.3 Å². The van der Waals surface area contributed by atoms with Crippen molar-refractivity contribution in [3.05, 3.63) is 77.0 Å². The third-order valence-electron chi connectivity index (χ3n) is 4.37. The Hall–Kier alpha value is -3.74. The molecular weight excluding hydrogens is 360 g/mol. The minimum Gasteiger partial charge on any atom is -0.464 e. The molecule has 0 spiro atoms. The zero-order valence-electron chi connectivity index (χ0n) is 15.3. The normalized spacial score (nSPS) is 14.5. The predicted octanol–water partition coefficient (Wildman–Crippen LogP) is 2.00. The van der Waals surface area contributed by atoms with E-state index in [4.69, 9.17) is 4.74 Å². The Kier molecular flexibility index (Phi) is 5.35. The van der Waals surface area contributed by atoms with Crippen molar-refractivity contribution < 1.29 is 23.9 Å². The van der Waals surface area contributed by atoms with Gasteiger partial charge < -0.3 is 10.1 Å². The average molecular weight is 378 g/mol. The highest BCUT2D eigenvalue weighted by molar-refractivity contribution is 6.23. The molecule has 0 bridgehead atoms. The van der Waals surface area contributed by atoms with E-state index in [1.165, 1.54) is 32.2 Å². The van der Waals surface area contributed by atoms with Crippen LogP contribution in [0.2, 0.25) is 0 Å². The maximum absolute atomic E-state index is 12.7. The van der Waals surface area contributed by atoms with Crippen molar-refractivity contribution in [2.45, 2.75) is 13.0 Å². The van der Waals surface area contributed by atoms with Gasteiger partial charge in [0.05, 0.1) is 18.2 Å². The average Bonchev–Trinajstić information content (AvgIpc) is 2.97. The van der Waals surface area contributed by atoms with Gasteiger partial charge >= 0.3 is 5.97 Å². The van der Waals surface area contributed by atoms with Gasteiger partial charge in [-0.1, -0.05) is 42.5 Å². The van der Waals surface area contributed by atoms with Crippen molar-refractivity contribution >= 4 is 29.8 Å². The van der Waals surface area contributed by atoms with Gasteiger partial charge in [-0.2, -0.15) is 0 Å². The number of esters is 1. The molecule has 1 atom stereocenters. The van der Waals surface area contributed by atoms with Gasteiger partial charge in [0, 0.05) is 0 Å². The van der Waals surface area contributed by atoms with Gasteiger partial charge in [-0.05, 0) is 30.7 Å². The van der Waals surface area contributed by atoms with E-state index in [9.17, 15) is 19.2 Å². The number of methoxy groups -OCH3 is 1. The number of carbonyl (C=O) groups is 4. The summed E-state index contributed by atoms with van der Waals surface area (Å²) in [7, 11) is 1.20. The first-order chi connectivity index (χ1) is 13.4. The minimum absolute atomic E-state index is 0.0952. The standard InChI is InChI=1S/C21H18N2O5/c1-13(23-19(25)15-10-6-7-11-16(15)20(23)26)18(24)22-17(21(27)28-2)12-14-8-4-3-5-9-14/h3-13H,1-2H3,(H,22,24)/b17-12-/t13-/m0/s1. The summed E-state index contributed by atoms with van der Waals surface area (Å²) in [6, 6.07) is 14.1. The molecule has 0 fully saturated rings. The van der Waals surface area contributed by atoms with E-state index in [-0.39, 0.29) is 16.8 Å². The third-order valence-corrected chi connectivity index (χ3v) is 4.37. The van der Waals surface area contributed by atoms with Crippen LogP contribution in [0.5, 0.6) is 0 Å². The van der Waals surface area contributed by atoms with E-state index < -0.39 is 29.7 Å². The molecule has 0 saturated carbocycles. The zero-order valence-corrected chi connectivity index (χ0v) is 15.3. The van der Waals surface area contributed by atoms with Crippen LogP contribution in [0.15, 0.2) is 60.3 Å². The van der Waals surface area contributed by atoms with Crippen LogP contribution in [0.25, 0.3) is 6.08 Å². The van der Waals surface area contributed by atoms with Crippen molar-refractivity contribution in [2.24, 2.45) is 0 Å². The van der Waals surface area contributed by atoms with Gasteiger partial charge in [-0.15, -0.1) is 0 Å². The van der Waals surface area contributed by atoms with E-state index in [1.807, 2.05) is 6.07 Å². The lowest BCUT2D eigenvalue weighted by molar-refractivity contribution is -0.138. The number of carbonyl (C=O) groups excluding carboxylic acids is 4. The molecule has 3 rings (SSSR count). The number of nitrogens with zero attached hydrogens (tertiary/aromatic N) is 1. The van der Waals surface area contributed by atoms with Crippen molar-refractivity contribution in [3.63, 3.8) is 0 Å². The molecule has 1 N–H and O–H groups in total. The maximum Gasteiger partial charge on any atom is 0.354 e. The van der Waals surface area contributed by atoms with Gasteiger partial charge in [-0.25, -0.2) is 4.79 Å². The number of fused-ring (bicyclic) bond motifs is 1. The van der Waals surface area contributed by atoms with Gasteiger partial charge in [0.1, 0.15) is 11.7 Å². The van der Waals surface area contributed by atoms with E-state index in [2.05, 4.69) is 5.32 Å². The molecule has 2 aromatic carbocycles. The lowest BCUT2D eigenvalue weighted by Gasteiger charge is -2.22. The molecule has 3 amide bonds. The lowest BCUT2D eigenvalue weighted by atomic mass is 10.1. The number of nitrogens with one attached hydrogen (secondary N) is 1. The van der Waals surface area contributed by atoms with Gasteiger partial charge in [0.2, 0.25) is 5.91 Å². The number of benzene rings is 2. The highest BCUT2D eigenvalue weighted by Crippen LogP contribution is 2.24. The second kappa shape index (κ2) is 7.87. The SMILES string of the molecule is COC(=O)/C(=C/c1ccccc1)NC(=O)[C@H](C)N1C(=O)c2ccccc2C1=O. The molecule has 142 valence electrons. The summed E-state index contributed by atoms with van der Waals surface area (Å²) in [5.74, 6) is -2.52. The Balaban J connectivity index is 1.83. The van der Waals surface area contributed by atoms with E-state index in [0.717, 1.165) is 4.90 Å². The first-order valence-electron chi connectivity index (χ1n) is 8.57. The molecule has 7 nitrogen and oxygen atoms in total. The molecule has 1 aliphatic heterocycles. The quantitative estimate of drug-likeness (QED) is 0.488. The van der Waals surface area contributed by atoms with Crippen LogP contribution in [0.1, 0.15) is 33.2 Å². The number of hydrogen-bond acceptors (Lipinski definition) is 5. The number of rotatable bonds is 5. The predicted molar refractivity (Wildman–Crippen MR) is 101 cm³/mol. The van der Waals surface area contributed by atoms with Crippen molar-refractivity contribution in [1.29, 1.82) is 0 Å². The fourth-order valence-corrected chi connectivity index (χ4v) is 2.89. The Morgan fingerprint density at radius 3 is 2.04 bits per heavy atom. The molecule has 28 heavy (non-hydrogen) atoms. The largest absolute Gasteiger partial charge is 0.464 e. The number of ether oxygens (including phenoxy) is 1. The highest BCUT2D eigenvalue weighted by Gasteiger charge is 2.40. The summed E-state index contributed by atoms with van der Waals surface area (Å²) in [6.07, 6.45) is 1.46. The van der Waals surface area contributed by atoms with Crippen LogP contribution in [0, 0.1) is 0 Å². The van der Waals surface area contributed by atoms with E-state index in [0.29, 0.717) is 5.56 Å². The van der Waals surface area contributed by atoms with Gasteiger partial charge in [0.25, 0.3) is 11.8 Å². The van der Waals surface area contributed by atoms with Crippen LogP contribution in [0.3, 0.4) is 0 Å². The number of amides is 3. The zero-order chi connectivity index (χ0) is 20.3. The fraction of sp³-hybridized carbons (Fsp3) is 0.143. The summed E-state index contributed by atoms with van der Waals surface area (Å²) >= 11 is 0. The molecule has 0 aliphatic carbocycles. The van der Waals surface area contributed by atoms with Crippen LogP contribution in [0.4, 0.5) is 0 Å². The molecule has 2 aromatic rings. The molecule has 0 saturated heterocycles. The molecular formula is C21H18N2O5. The molecule has 1 aliphatic rings. The second-order valence-electron chi connectivity index (χ2n) is 6.15. The Labute approximate surface area is 161 Å². The van der Waals surface area contributed by atoms with Crippen molar-refractivity contribution in [1.82, 2.24) is 10.2 Å². The minimum atomic E-state index is -1.11.